The molecule has 35 heavy (non-hydrogen) atoms. The normalized spacial score (nSPS) is 16.4. The number of allylic oxidation sites excluding steroid dienone is 1. The number of nitrogens with zero attached hydrogens (tertiary/aromatic N) is 2. The van der Waals surface area contributed by atoms with Gasteiger partial charge in [-0.25, -0.2) is 4.98 Å². The van der Waals surface area contributed by atoms with Crippen molar-refractivity contribution in [1.82, 2.24) is 4.98 Å². The number of anilines is 2. The smallest absolute Gasteiger partial charge is 0.159 e. The van der Waals surface area contributed by atoms with Crippen molar-refractivity contribution in [1.29, 1.82) is 0 Å². The molecule has 1 aliphatic heterocycles. The molecule has 0 bridgehead atoms. The first-order valence-corrected chi connectivity index (χ1v) is 13.2. The van der Waals surface area contributed by atoms with E-state index in [1.165, 1.54) is 5.56 Å². The summed E-state index contributed by atoms with van der Waals surface area (Å²) in [5.74, 6) is 2.36. The summed E-state index contributed by atoms with van der Waals surface area (Å²) >= 11 is 0. The lowest BCUT2D eigenvalue weighted by atomic mass is 9.85. The van der Waals surface area contributed by atoms with Crippen LogP contribution in [0.1, 0.15) is 95.5 Å². The minimum Gasteiger partial charge on any atom is -0.396 e. The lowest BCUT2D eigenvalue weighted by Gasteiger charge is -2.36. The van der Waals surface area contributed by atoms with Gasteiger partial charge in [0.05, 0.1) is 11.2 Å². The van der Waals surface area contributed by atoms with Gasteiger partial charge in [0.2, 0.25) is 0 Å². The number of pyridine rings is 1. The van der Waals surface area contributed by atoms with Gasteiger partial charge < -0.3 is 15.3 Å². The summed E-state index contributed by atoms with van der Waals surface area (Å²) in [6.45, 7) is 17.6. The van der Waals surface area contributed by atoms with Crippen LogP contribution in [0.3, 0.4) is 0 Å². The minimum absolute atomic E-state index is 0.0457. The highest BCUT2D eigenvalue weighted by atomic mass is 16.3. The molecule has 2 heterocycles. The molecule has 0 amide bonds. The summed E-state index contributed by atoms with van der Waals surface area (Å²) in [4.78, 5) is 19.2. The van der Waals surface area contributed by atoms with Gasteiger partial charge in [-0.15, -0.1) is 0 Å². The van der Waals surface area contributed by atoms with Crippen molar-refractivity contribution >= 4 is 28.2 Å². The molecule has 4 atom stereocenters. The van der Waals surface area contributed by atoms with Crippen LogP contribution in [0, 0.1) is 17.8 Å². The molecule has 1 aliphatic rings. The lowest BCUT2D eigenvalue weighted by Crippen LogP contribution is -2.28. The Bertz CT molecular complexity index is 1090. The number of hydrogen-bond donors (Lipinski definition) is 2. The number of carbonyl (C=O) groups is 1. The van der Waals surface area contributed by atoms with E-state index < -0.39 is 0 Å². The molecular formula is C30H43N3O2. The maximum absolute atomic E-state index is 12.0. The van der Waals surface area contributed by atoms with Crippen molar-refractivity contribution in [2.24, 2.45) is 17.8 Å². The van der Waals surface area contributed by atoms with E-state index >= 15 is 0 Å². The SMILES string of the molecule is C=C(C(CC[C@H](C)CO)CC(C)CC)N1C=CNc2nc3cc(C(C)=O)ccc3c(C(C)CC)c21. The molecule has 2 aromatic rings. The van der Waals surface area contributed by atoms with E-state index in [1.807, 2.05) is 18.3 Å². The zero-order chi connectivity index (χ0) is 25.7. The Morgan fingerprint density at radius 3 is 2.51 bits per heavy atom. The first kappa shape index (κ1) is 26.9. The highest BCUT2D eigenvalue weighted by molar-refractivity contribution is 6.01. The molecule has 190 valence electrons. The molecule has 2 N–H and O–H groups in total. The molecule has 5 nitrogen and oxygen atoms in total. The minimum atomic E-state index is 0.0457. The van der Waals surface area contributed by atoms with Crippen LogP contribution >= 0.6 is 0 Å². The number of aromatic nitrogens is 1. The summed E-state index contributed by atoms with van der Waals surface area (Å²) in [7, 11) is 0. The fraction of sp³-hybridized carbons (Fsp3) is 0.533. The van der Waals surface area contributed by atoms with E-state index in [2.05, 4.69) is 63.7 Å². The van der Waals surface area contributed by atoms with E-state index in [0.29, 0.717) is 23.3 Å². The van der Waals surface area contributed by atoms with Gasteiger partial charge in [-0.2, -0.15) is 0 Å². The van der Waals surface area contributed by atoms with Gasteiger partial charge in [-0.05, 0) is 67.9 Å². The van der Waals surface area contributed by atoms with Crippen molar-refractivity contribution in [2.75, 3.05) is 16.8 Å². The monoisotopic (exact) mass is 477 g/mol. The standard InChI is InChI=1S/C30H43N3O2/c1-8-19(3)16-24(11-10-20(4)18-34)22(6)33-15-14-31-30-29(33)28(21(5)9-2)26-13-12-25(23(7)35)17-27(26)32-30/h12-15,17,19-21,24,34H,6,8-11,16,18H2,1-5,7H3,(H,31,32)/t19?,20-,21?,24?/m0/s1. The second-order valence-corrected chi connectivity index (χ2v) is 10.5. The summed E-state index contributed by atoms with van der Waals surface area (Å²) in [5.41, 5.74) is 4.92. The Morgan fingerprint density at radius 1 is 1.14 bits per heavy atom. The van der Waals surface area contributed by atoms with Crippen molar-refractivity contribution < 1.29 is 9.90 Å². The number of fused-ring (bicyclic) bond motifs is 2. The van der Waals surface area contributed by atoms with E-state index in [-0.39, 0.29) is 18.3 Å². The highest BCUT2D eigenvalue weighted by Crippen LogP contribution is 2.45. The summed E-state index contributed by atoms with van der Waals surface area (Å²) in [5, 5.41) is 14.0. The molecule has 3 rings (SSSR count). The number of hydrogen-bond acceptors (Lipinski definition) is 5. The molecule has 0 radical (unpaired) electrons. The van der Waals surface area contributed by atoms with E-state index in [9.17, 15) is 9.90 Å². The van der Waals surface area contributed by atoms with Gasteiger partial charge in [0, 0.05) is 35.7 Å². The molecule has 5 heteroatoms. The fourth-order valence-electron chi connectivity index (χ4n) is 4.90. The van der Waals surface area contributed by atoms with E-state index in [0.717, 1.165) is 60.2 Å². The van der Waals surface area contributed by atoms with Crippen LogP contribution in [-0.4, -0.2) is 22.5 Å². The largest absolute Gasteiger partial charge is 0.396 e. The van der Waals surface area contributed by atoms with Crippen LogP contribution < -0.4 is 10.2 Å². The van der Waals surface area contributed by atoms with E-state index in [1.54, 1.807) is 6.92 Å². The maximum Gasteiger partial charge on any atom is 0.159 e. The lowest BCUT2D eigenvalue weighted by molar-refractivity contribution is 0.101. The van der Waals surface area contributed by atoms with Crippen LogP contribution in [0.2, 0.25) is 0 Å². The molecular weight excluding hydrogens is 434 g/mol. The third-order valence-corrected chi connectivity index (χ3v) is 7.68. The Kier molecular flexibility index (Phi) is 9.12. The number of aliphatic hydroxyl groups is 1. The molecule has 0 saturated heterocycles. The number of rotatable bonds is 12. The van der Waals surface area contributed by atoms with Crippen molar-refractivity contribution in [2.45, 2.75) is 79.6 Å². The van der Waals surface area contributed by atoms with Crippen molar-refractivity contribution in [3.05, 3.63) is 54.0 Å². The van der Waals surface area contributed by atoms with Crippen LogP contribution in [-0.2, 0) is 0 Å². The number of Topliss-reactive ketones (excluding diaryl/α,β-unsaturated/α-hetero) is 1. The Hall–Kier alpha value is -2.66. The van der Waals surface area contributed by atoms with Gasteiger partial charge in [-0.1, -0.05) is 59.8 Å². The van der Waals surface area contributed by atoms with Crippen LogP contribution in [0.4, 0.5) is 11.5 Å². The third-order valence-electron chi connectivity index (χ3n) is 7.68. The average Bonchev–Trinajstić information content (AvgIpc) is 2.87. The van der Waals surface area contributed by atoms with Gasteiger partial charge >= 0.3 is 0 Å². The molecule has 1 aromatic carbocycles. The van der Waals surface area contributed by atoms with Gasteiger partial charge in [-0.3, -0.25) is 4.79 Å². The number of benzene rings is 1. The Balaban J connectivity index is 2.12. The van der Waals surface area contributed by atoms with Crippen LogP contribution in [0.5, 0.6) is 0 Å². The second-order valence-electron chi connectivity index (χ2n) is 10.5. The summed E-state index contributed by atoms with van der Waals surface area (Å²) in [6, 6.07) is 5.88. The second kappa shape index (κ2) is 11.9. The molecule has 0 aliphatic carbocycles. The summed E-state index contributed by atoms with van der Waals surface area (Å²) in [6.07, 6.45) is 9.18. The van der Waals surface area contributed by atoms with Crippen molar-refractivity contribution in [3.8, 4) is 0 Å². The molecule has 0 spiro atoms. The zero-order valence-electron chi connectivity index (χ0n) is 22.4. The Morgan fingerprint density at radius 2 is 1.89 bits per heavy atom. The zero-order valence-corrected chi connectivity index (χ0v) is 22.4. The number of aliphatic hydroxyl groups excluding tert-OH is 1. The quantitative estimate of drug-likeness (QED) is 0.308. The third kappa shape index (κ3) is 5.95. The first-order chi connectivity index (χ1) is 16.7. The predicted octanol–water partition coefficient (Wildman–Crippen LogP) is 7.63. The van der Waals surface area contributed by atoms with Crippen molar-refractivity contribution in [3.63, 3.8) is 0 Å². The number of carbonyl (C=O) groups excluding carboxylic acids is 1. The van der Waals surface area contributed by atoms with Gasteiger partial charge in [0.25, 0.3) is 0 Å². The number of nitrogens with one attached hydrogen (secondary N) is 1. The van der Waals surface area contributed by atoms with Gasteiger partial charge in [0.15, 0.2) is 11.6 Å². The Labute approximate surface area is 211 Å². The fourth-order valence-corrected chi connectivity index (χ4v) is 4.90. The maximum atomic E-state index is 12.0. The van der Waals surface area contributed by atoms with Crippen LogP contribution in [0.15, 0.2) is 42.9 Å². The molecule has 0 fully saturated rings. The van der Waals surface area contributed by atoms with Crippen LogP contribution in [0.25, 0.3) is 10.9 Å². The van der Waals surface area contributed by atoms with Gasteiger partial charge in [0.1, 0.15) is 0 Å². The predicted molar refractivity (Wildman–Crippen MR) is 148 cm³/mol. The molecule has 1 aromatic heterocycles. The summed E-state index contributed by atoms with van der Waals surface area (Å²) < 4.78 is 0. The first-order valence-electron chi connectivity index (χ1n) is 13.2. The number of ketones is 1. The topological polar surface area (TPSA) is 65.5 Å². The molecule has 0 saturated carbocycles. The molecule has 3 unspecified atom stereocenters. The average molecular weight is 478 g/mol. The highest BCUT2D eigenvalue weighted by Gasteiger charge is 2.29. The van der Waals surface area contributed by atoms with E-state index in [4.69, 9.17) is 4.98 Å².